The van der Waals surface area contributed by atoms with Crippen LogP contribution in [-0.2, 0) is 6.54 Å². The molecule has 3 N–H and O–H groups in total. The number of aromatic nitrogens is 3. The number of benzene rings is 2. The highest BCUT2D eigenvalue weighted by atomic mass is 32.1. The third-order valence-corrected chi connectivity index (χ3v) is 7.25. The van der Waals surface area contributed by atoms with Crippen molar-refractivity contribution >= 4 is 40.1 Å². The Morgan fingerprint density at radius 1 is 1.12 bits per heavy atom. The van der Waals surface area contributed by atoms with Crippen LogP contribution in [-0.4, -0.2) is 33.6 Å². The minimum atomic E-state index is -0.193. The molecule has 0 bridgehead atoms. The Hall–Kier alpha value is -3.39. The van der Waals surface area contributed by atoms with E-state index in [-0.39, 0.29) is 17.5 Å². The quantitative estimate of drug-likeness (QED) is 0.357. The van der Waals surface area contributed by atoms with Gasteiger partial charge in [-0.25, -0.2) is 0 Å². The van der Waals surface area contributed by atoms with Crippen LogP contribution in [0.1, 0.15) is 48.5 Å². The molecule has 34 heavy (non-hydrogen) atoms. The van der Waals surface area contributed by atoms with Gasteiger partial charge in [0, 0.05) is 22.5 Å². The summed E-state index contributed by atoms with van der Waals surface area (Å²) < 4.78 is 7.19. The first kappa shape index (κ1) is 22.4. The van der Waals surface area contributed by atoms with Crippen LogP contribution in [0.5, 0.6) is 5.75 Å². The summed E-state index contributed by atoms with van der Waals surface area (Å²) in [5, 5.41) is 4.04. The lowest BCUT2D eigenvalue weighted by Crippen LogP contribution is -2.41. The lowest BCUT2D eigenvalue weighted by Gasteiger charge is -2.29. The second-order valence-electron chi connectivity index (χ2n) is 9.15. The van der Waals surface area contributed by atoms with Gasteiger partial charge < -0.3 is 20.0 Å². The number of H-pyrrole nitrogens is 2. The van der Waals surface area contributed by atoms with Gasteiger partial charge in [0.1, 0.15) is 11.3 Å². The number of rotatable bonds is 5. The van der Waals surface area contributed by atoms with E-state index in [2.05, 4.69) is 22.2 Å². The number of fused-ring (bicyclic) bond motifs is 3. The van der Waals surface area contributed by atoms with Crippen LogP contribution in [0.2, 0.25) is 0 Å². The molecule has 2 aromatic heterocycles. The Balaban J connectivity index is 1.39. The van der Waals surface area contributed by atoms with Crippen LogP contribution >= 0.6 is 12.2 Å². The predicted octanol–water partition coefficient (Wildman–Crippen LogP) is 4.91. The second kappa shape index (κ2) is 9.10. The number of hydrogen-bond acceptors (Lipinski definition) is 4. The van der Waals surface area contributed by atoms with Crippen molar-refractivity contribution in [1.29, 1.82) is 0 Å². The van der Waals surface area contributed by atoms with E-state index in [1.165, 1.54) is 11.0 Å². The van der Waals surface area contributed by atoms with Crippen LogP contribution in [0.3, 0.4) is 0 Å². The van der Waals surface area contributed by atoms with Crippen molar-refractivity contribution < 1.29 is 9.53 Å². The fourth-order valence-electron chi connectivity index (χ4n) is 4.86. The van der Waals surface area contributed by atoms with E-state index in [9.17, 15) is 9.59 Å². The predicted molar refractivity (Wildman–Crippen MR) is 136 cm³/mol. The molecule has 176 valence electrons. The highest BCUT2D eigenvalue weighted by Crippen LogP contribution is 2.26. The molecule has 1 aliphatic carbocycles. The SMILES string of the molecule is COc1ccc2[nH]c3c(=O)n(Cc4ccc(C(=O)N[C@H]5CCCC[C@H]5C)cc4)c(=S)[nH]c3c2c1. The maximum atomic E-state index is 13.3. The van der Waals surface area contributed by atoms with Crippen molar-refractivity contribution in [3.8, 4) is 5.75 Å². The van der Waals surface area contributed by atoms with Crippen LogP contribution in [0.25, 0.3) is 21.9 Å². The standard InChI is InChI=1S/C26H28N4O3S/c1-15-5-3-4-6-20(15)28-24(31)17-9-7-16(8-10-17)14-30-25(32)23-22(29-26(30)34)19-13-18(33-2)11-12-21(19)27-23/h7-13,15,20,27H,3-6,14H2,1-2H3,(H,28,31)(H,29,34)/t15-,20+/m1/s1. The molecule has 2 aromatic carbocycles. The molecule has 2 heterocycles. The summed E-state index contributed by atoms with van der Waals surface area (Å²) in [5.74, 6) is 1.17. The minimum Gasteiger partial charge on any atom is -0.497 e. The molecule has 0 radical (unpaired) electrons. The topological polar surface area (TPSA) is 91.9 Å². The minimum absolute atomic E-state index is 0.0466. The number of amides is 1. The molecule has 1 amide bonds. The van der Waals surface area contributed by atoms with E-state index in [0.29, 0.717) is 39.6 Å². The van der Waals surface area contributed by atoms with E-state index in [4.69, 9.17) is 17.0 Å². The molecule has 1 fully saturated rings. The highest BCUT2D eigenvalue weighted by molar-refractivity contribution is 7.71. The normalized spacial score (nSPS) is 18.3. The van der Waals surface area contributed by atoms with Crippen LogP contribution in [0.15, 0.2) is 47.3 Å². The van der Waals surface area contributed by atoms with Crippen LogP contribution in [0, 0.1) is 10.7 Å². The molecule has 1 aliphatic rings. The molecule has 1 saturated carbocycles. The Morgan fingerprint density at radius 3 is 2.62 bits per heavy atom. The molecule has 0 saturated heterocycles. The van der Waals surface area contributed by atoms with Gasteiger partial charge in [-0.05, 0) is 66.9 Å². The van der Waals surface area contributed by atoms with Gasteiger partial charge in [0.05, 0.1) is 19.2 Å². The zero-order valence-corrected chi connectivity index (χ0v) is 20.1. The average molecular weight is 477 g/mol. The smallest absolute Gasteiger partial charge is 0.278 e. The third kappa shape index (κ3) is 4.14. The molecule has 7 nitrogen and oxygen atoms in total. The number of nitrogens with zero attached hydrogens (tertiary/aromatic N) is 1. The molecule has 2 atom stereocenters. The fraction of sp³-hybridized carbons (Fsp3) is 0.346. The molecule has 0 spiro atoms. The Bertz CT molecular complexity index is 1480. The Morgan fingerprint density at radius 2 is 1.88 bits per heavy atom. The number of hydrogen-bond donors (Lipinski definition) is 3. The van der Waals surface area contributed by atoms with Crippen LogP contribution < -0.4 is 15.6 Å². The Kier molecular flexibility index (Phi) is 6.00. The van der Waals surface area contributed by atoms with E-state index in [1.54, 1.807) is 7.11 Å². The molecule has 5 rings (SSSR count). The van der Waals surface area contributed by atoms with Crippen molar-refractivity contribution in [3.05, 3.63) is 68.7 Å². The summed E-state index contributed by atoms with van der Waals surface area (Å²) in [4.78, 5) is 32.4. The lowest BCUT2D eigenvalue weighted by molar-refractivity contribution is 0.0910. The van der Waals surface area contributed by atoms with Gasteiger partial charge in [-0.15, -0.1) is 0 Å². The monoisotopic (exact) mass is 476 g/mol. The second-order valence-corrected chi connectivity index (χ2v) is 9.53. The van der Waals surface area contributed by atoms with Crippen molar-refractivity contribution in [2.75, 3.05) is 7.11 Å². The summed E-state index contributed by atoms with van der Waals surface area (Å²) in [6.45, 7) is 2.51. The lowest BCUT2D eigenvalue weighted by atomic mass is 9.86. The van der Waals surface area contributed by atoms with E-state index >= 15 is 0 Å². The summed E-state index contributed by atoms with van der Waals surface area (Å²) in [5.41, 5.74) is 3.29. The molecule has 4 aromatic rings. The third-order valence-electron chi connectivity index (χ3n) is 6.93. The number of methoxy groups -OCH3 is 1. The Labute approximate surface area is 202 Å². The van der Waals surface area contributed by atoms with Crippen molar-refractivity contribution in [2.45, 2.75) is 45.2 Å². The van der Waals surface area contributed by atoms with E-state index in [0.717, 1.165) is 35.7 Å². The van der Waals surface area contributed by atoms with Gasteiger partial charge in [0.15, 0.2) is 4.77 Å². The summed E-state index contributed by atoms with van der Waals surface area (Å²) >= 11 is 5.52. The summed E-state index contributed by atoms with van der Waals surface area (Å²) in [6.07, 6.45) is 4.60. The number of carbonyl (C=O) groups excluding carboxylic acids is 1. The first-order valence-electron chi connectivity index (χ1n) is 11.7. The zero-order chi connectivity index (χ0) is 23.8. The average Bonchev–Trinajstić information content (AvgIpc) is 3.21. The first-order valence-corrected chi connectivity index (χ1v) is 12.1. The number of aromatic amines is 2. The van der Waals surface area contributed by atoms with Crippen molar-refractivity contribution in [2.24, 2.45) is 5.92 Å². The molecular formula is C26H28N4O3S. The fourth-order valence-corrected chi connectivity index (χ4v) is 5.11. The van der Waals surface area contributed by atoms with Gasteiger partial charge in [-0.3, -0.25) is 14.2 Å². The number of nitrogens with one attached hydrogen (secondary N) is 3. The largest absolute Gasteiger partial charge is 0.497 e. The number of carbonyl (C=O) groups is 1. The zero-order valence-electron chi connectivity index (χ0n) is 19.3. The van der Waals surface area contributed by atoms with Gasteiger partial charge >= 0.3 is 0 Å². The maximum Gasteiger partial charge on any atom is 0.278 e. The maximum absolute atomic E-state index is 13.3. The number of ether oxygens (including phenoxy) is 1. The molecular weight excluding hydrogens is 448 g/mol. The summed E-state index contributed by atoms with van der Waals surface area (Å²) in [7, 11) is 1.61. The highest BCUT2D eigenvalue weighted by Gasteiger charge is 2.23. The van der Waals surface area contributed by atoms with Gasteiger partial charge in [0.2, 0.25) is 0 Å². The van der Waals surface area contributed by atoms with E-state index in [1.807, 2.05) is 42.5 Å². The van der Waals surface area contributed by atoms with E-state index < -0.39 is 0 Å². The van der Waals surface area contributed by atoms with Crippen molar-refractivity contribution in [3.63, 3.8) is 0 Å². The first-order chi connectivity index (χ1) is 16.4. The molecule has 0 unspecified atom stereocenters. The van der Waals surface area contributed by atoms with Gasteiger partial charge in [-0.2, -0.15) is 0 Å². The van der Waals surface area contributed by atoms with Gasteiger partial charge in [-0.1, -0.05) is 31.9 Å². The molecule has 0 aliphatic heterocycles. The van der Waals surface area contributed by atoms with Crippen LogP contribution in [0.4, 0.5) is 0 Å². The molecule has 8 heteroatoms. The van der Waals surface area contributed by atoms with Gasteiger partial charge in [0.25, 0.3) is 11.5 Å². The summed E-state index contributed by atoms with van der Waals surface area (Å²) in [6, 6.07) is 13.2. The van der Waals surface area contributed by atoms with Crippen molar-refractivity contribution in [1.82, 2.24) is 19.9 Å².